The fraction of sp³-hybridized carbons (Fsp3) is 0.455. The van der Waals surface area contributed by atoms with E-state index < -0.39 is 0 Å². The van der Waals surface area contributed by atoms with Crippen molar-refractivity contribution < 1.29 is 4.74 Å². The Bertz CT molecular complexity index is 271. The second-order valence-corrected chi connectivity index (χ2v) is 3.50. The van der Waals surface area contributed by atoms with E-state index in [9.17, 15) is 0 Å². The van der Waals surface area contributed by atoms with Gasteiger partial charge in [0.25, 0.3) is 0 Å². The third-order valence-corrected chi connectivity index (χ3v) is 2.05. The Labute approximate surface area is 79.7 Å². The number of aryl methyl sites for hydroxylation is 1. The first-order chi connectivity index (χ1) is 6.09. The van der Waals surface area contributed by atoms with Crippen LogP contribution in [0.5, 0.6) is 5.75 Å². The highest BCUT2D eigenvalue weighted by Gasteiger charge is 2.08. The highest BCUT2D eigenvalue weighted by atomic mass is 16.5. The van der Waals surface area contributed by atoms with Crippen LogP contribution in [0.15, 0.2) is 24.3 Å². The summed E-state index contributed by atoms with van der Waals surface area (Å²) in [5.41, 5.74) is 6.90. The Morgan fingerprint density at radius 3 is 2.54 bits per heavy atom. The van der Waals surface area contributed by atoms with Crippen molar-refractivity contribution in [2.75, 3.05) is 0 Å². The van der Waals surface area contributed by atoms with Gasteiger partial charge in [-0.05, 0) is 38.5 Å². The van der Waals surface area contributed by atoms with Crippen molar-refractivity contribution in [1.29, 1.82) is 0 Å². The van der Waals surface area contributed by atoms with Crippen LogP contribution in [0.1, 0.15) is 19.4 Å². The molecule has 0 radical (unpaired) electrons. The number of benzene rings is 1. The molecule has 0 saturated carbocycles. The monoisotopic (exact) mass is 179 g/mol. The van der Waals surface area contributed by atoms with Crippen molar-refractivity contribution >= 4 is 0 Å². The van der Waals surface area contributed by atoms with Gasteiger partial charge in [0.1, 0.15) is 11.9 Å². The molecule has 0 heterocycles. The molecule has 2 nitrogen and oxygen atoms in total. The minimum atomic E-state index is 0.0560. The predicted octanol–water partition coefficient (Wildman–Crippen LogP) is 2.11. The minimum Gasteiger partial charge on any atom is -0.489 e. The summed E-state index contributed by atoms with van der Waals surface area (Å²) in [6.07, 6.45) is 0.0572. The van der Waals surface area contributed by atoms with Gasteiger partial charge >= 0.3 is 0 Å². The molecule has 0 bridgehead atoms. The van der Waals surface area contributed by atoms with Gasteiger partial charge in [0.2, 0.25) is 0 Å². The molecule has 1 aromatic rings. The highest BCUT2D eigenvalue weighted by Crippen LogP contribution is 2.14. The molecule has 72 valence electrons. The predicted molar refractivity (Wildman–Crippen MR) is 54.9 cm³/mol. The summed E-state index contributed by atoms with van der Waals surface area (Å²) in [6, 6.07) is 8.05. The molecule has 2 heteroatoms. The van der Waals surface area contributed by atoms with Gasteiger partial charge in [0.05, 0.1) is 0 Å². The van der Waals surface area contributed by atoms with Crippen molar-refractivity contribution in [1.82, 2.24) is 0 Å². The quantitative estimate of drug-likeness (QED) is 0.771. The molecular formula is C11H17NO. The van der Waals surface area contributed by atoms with E-state index in [4.69, 9.17) is 10.5 Å². The molecule has 0 aliphatic rings. The van der Waals surface area contributed by atoms with Crippen LogP contribution >= 0.6 is 0 Å². The lowest BCUT2D eigenvalue weighted by Gasteiger charge is -2.18. The Kier molecular flexibility index (Phi) is 3.32. The average molecular weight is 179 g/mol. The average Bonchev–Trinajstić information content (AvgIpc) is 2.04. The largest absolute Gasteiger partial charge is 0.489 e. The summed E-state index contributed by atoms with van der Waals surface area (Å²) >= 11 is 0. The maximum absolute atomic E-state index is 5.70. The van der Waals surface area contributed by atoms with Gasteiger partial charge in [-0.2, -0.15) is 0 Å². The molecule has 0 aromatic heterocycles. The Morgan fingerprint density at radius 2 is 2.00 bits per heavy atom. The van der Waals surface area contributed by atoms with E-state index in [1.165, 1.54) is 5.56 Å². The van der Waals surface area contributed by atoms with Gasteiger partial charge in [0, 0.05) is 6.04 Å². The third kappa shape index (κ3) is 3.07. The molecular weight excluding hydrogens is 162 g/mol. The van der Waals surface area contributed by atoms with Crippen LogP contribution in [-0.4, -0.2) is 12.1 Å². The van der Waals surface area contributed by atoms with Crippen LogP contribution in [0.4, 0.5) is 0 Å². The molecule has 0 saturated heterocycles. The van der Waals surface area contributed by atoms with Crippen LogP contribution in [0.2, 0.25) is 0 Å². The van der Waals surface area contributed by atoms with E-state index >= 15 is 0 Å². The van der Waals surface area contributed by atoms with Crippen molar-refractivity contribution in [3.05, 3.63) is 29.8 Å². The van der Waals surface area contributed by atoms with Gasteiger partial charge in [-0.3, -0.25) is 0 Å². The van der Waals surface area contributed by atoms with Crippen LogP contribution in [-0.2, 0) is 0 Å². The fourth-order valence-corrected chi connectivity index (χ4v) is 1.01. The lowest BCUT2D eigenvalue weighted by Crippen LogP contribution is -2.33. The molecule has 0 fully saturated rings. The van der Waals surface area contributed by atoms with Gasteiger partial charge in [-0.25, -0.2) is 0 Å². The highest BCUT2D eigenvalue weighted by molar-refractivity contribution is 5.27. The normalized spacial score (nSPS) is 15.1. The van der Waals surface area contributed by atoms with Crippen molar-refractivity contribution in [3.63, 3.8) is 0 Å². The summed E-state index contributed by atoms with van der Waals surface area (Å²) in [7, 11) is 0. The zero-order valence-electron chi connectivity index (χ0n) is 8.45. The smallest absolute Gasteiger partial charge is 0.120 e. The molecule has 2 unspecified atom stereocenters. The molecule has 2 atom stereocenters. The molecule has 2 N–H and O–H groups in total. The van der Waals surface area contributed by atoms with Crippen molar-refractivity contribution in [2.45, 2.75) is 32.9 Å². The van der Waals surface area contributed by atoms with E-state index in [-0.39, 0.29) is 12.1 Å². The first-order valence-corrected chi connectivity index (χ1v) is 4.58. The van der Waals surface area contributed by atoms with Gasteiger partial charge in [-0.15, -0.1) is 0 Å². The van der Waals surface area contributed by atoms with Crippen LogP contribution in [0, 0.1) is 6.92 Å². The maximum atomic E-state index is 5.70. The summed E-state index contributed by atoms with van der Waals surface area (Å²) in [6.45, 7) is 5.97. The summed E-state index contributed by atoms with van der Waals surface area (Å²) in [4.78, 5) is 0. The van der Waals surface area contributed by atoms with E-state index in [0.717, 1.165) is 5.75 Å². The number of rotatable bonds is 3. The van der Waals surface area contributed by atoms with E-state index in [1.54, 1.807) is 0 Å². The van der Waals surface area contributed by atoms with Gasteiger partial charge in [-0.1, -0.05) is 12.1 Å². The second-order valence-electron chi connectivity index (χ2n) is 3.50. The van der Waals surface area contributed by atoms with Crippen molar-refractivity contribution in [3.8, 4) is 5.75 Å². The molecule has 0 spiro atoms. The van der Waals surface area contributed by atoms with Crippen LogP contribution in [0.3, 0.4) is 0 Å². The zero-order chi connectivity index (χ0) is 9.84. The number of hydrogen-bond donors (Lipinski definition) is 1. The van der Waals surface area contributed by atoms with Crippen LogP contribution in [0.25, 0.3) is 0 Å². The van der Waals surface area contributed by atoms with E-state index in [1.807, 2.05) is 45.0 Å². The maximum Gasteiger partial charge on any atom is 0.120 e. The second kappa shape index (κ2) is 4.28. The number of nitrogens with two attached hydrogens (primary N) is 1. The Balaban J connectivity index is 2.64. The fourth-order valence-electron chi connectivity index (χ4n) is 1.01. The molecule has 0 aliphatic carbocycles. The van der Waals surface area contributed by atoms with E-state index in [0.29, 0.717) is 0 Å². The molecule has 13 heavy (non-hydrogen) atoms. The van der Waals surface area contributed by atoms with E-state index in [2.05, 4.69) is 0 Å². The standard InChI is InChI=1S/C11H17NO/c1-8-5-4-6-11(7-8)13-10(3)9(2)12/h4-7,9-10H,12H2,1-3H3. The number of ether oxygens (including phenoxy) is 1. The zero-order valence-corrected chi connectivity index (χ0v) is 8.45. The molecule has 0 aliphatic heterocycles. The topological polar surface area (TPSA) is 35.2 Å². The summed E-state index contributed by atoms with van der Waals surface area (Å²) in [5.74, 6) is 0.893. The SMILES string of the molecule is Cc1cccc(OC(C)C(C)N)c1. The van der Waals surface area contributed by atoms with Crippen LogP contribution < -0.4 is 10.5 Å². The minimum absolute atomic E-state index is 0.0560. The Hall–Kier alpha value is -1.02. The van der Waals surface area contributed by atoms with Crippen molar-refractivity contribution in [2.24, 2.45) is 5.73 Å². The third-order valence-electron chi connectivity index (χ3n) is 2.05. The molecule has 1 aromatic carbocycles. The van der Waals surface area contributed by atoms with Gasteiger partial charge in [0.15, 0.2) is 0 Å². The lowest BCUT2D eigenvalue weighted by molar-refractivity contribution is 0.196. The van der Waals surface area contributed by atoms with Gasteiger partial charge < -0.3 is 10.5 Å². The summed E-state index contributed by atoms with van der Waals surface area (Å²) in [5, 5.41) is 0. The lowest BCUT2D eigenvalue weighted by atomic mass is 10.2. The first-order valence-electron chi connectivity index (χ1n) is 4.58. The molecule has 1 rings (SSSR count). The Morgan fingerprint density at radius 1 is 1.31 bits per heavy atom. The number of hydrogen-bond acceptors (Lipinski definition) is 2. The molecule has 0 amide bonds. The summed E-state index contributed by atoms with van der Waals surface area (Å²) < 4.78 is 5.63. The first kappa shape index (κ1) is 10.1.